The van der Waals surface area contributed by atoms with Gasteiger partial charge in [-0.1, -0.05) is 24.3 Å². The lowest BCUT2D eigenvalue weighted by molar-refractivity contribution is -0.134. The molecule has 5 rings (SSSR count). The Morgan fingerprint density at radius 3 is 2.81 bits per heavy atom. The van der Waals surface area contributed by atoms with E-state index < -0.39 is 11.5 Å². The maximum absolute atomic E-state index is 13.3. The molecule has 160 valence electrons. The molecule has 1 N–H and O–H groups in total. The molecule has 2 saturated heterocycles. The Morgan fingerprint density at radius 2 is 2.03 bits per heavy atom. The van der Waals surface area contributed by atoms with Crippen LogP contribution in [0.3, 0.4) is 0 Å². The van der Waals surface area contributed by atoms with E-state index in [1.165, 1.54) is 0 Å². The van der Waals surface area contributed by atoms with Gasteiger partial charge in [-0.2, -0.15) is 0 Å². The van der Waals surface area contributed by atoms with Gasteiger partial charge in [-0.25, -0.2) is 0 Å². The highest BCUT2D eigenvalue weighted by atomic mass is 16.2. The summed E-state index contributed by atoms with van der Waals surface area (Å²) in [6.45, 7) is 1.92. The van der Waals surface area contributed by atoms with Gasteiger partial charge >= 0.3 is 0 Å². The summed E-state index contributed by atoms with van der Waals surface area (Å²) in [6, 6.07) is 11.2. The van der Waals surface area contributed by atoms with Crippen LogP contribution in [0.15, 0.2) is 48.8 Å². The molecule has 0 aliphatic carbocycles. The van der Waals surface area contributed by atoms with Crippen LogP contribution in [0.4, 0.5) is 5.69 Å². The number of aromatic nitrogens is 1. The van der Waals surface area contributed by atoms with Crippen molar-refractivity contribution < 1.29 is 14.4 Å². The van der Waals surface area contributed by atoms with Gasteiger partial charge < -0.3 is 15.1 Å². The van der Waals surface area contributed by atoms with Crippen molar-refractivity contribution in [1.29, 1.82) is 0 Å². The number of likely N-dealkylation sites (tertiary alicyclic amines) is 2. The average molecular weight is 418 g/mol. The minimum absolute atomic E-state index is 0.0227. The molecule has 3 aliphatic heterocycles. The molecular formula is C24H26N4O3. The summed E-state index contributed by atoms with van der Waals surface area (Å²) in [5.74, 6) is 0.148. The normalized spacial score (nSPS) is 24.7. The fourth-order valence-corrected chi connectivity index (χ4v) is 5.46. The summed E-state index contributed by atoms with van der Waals surface area (Å²) in [4.78, 5) is 46.4. The fourth-order valence-electron chi connectivity index (χ4n) is 5.46. The first-order valence-corrected chi connectivity index (χ1v) is 11.0. The van der Waals surface area contributed by atoms with Crippen LogP contribution in [0, 0.1) is 0 Å². The van der Waals surface area contributed by atoms with Gasteiger partial charge in [-0.15, -0.1) is 0 Å². The van der Waals surface area contributed by atoms with Crippen molar-refractivity contribution in [1.82, 2.24) is 14.8 Å². The van der Waals surface area contributed by atoms with Crippen molar-refractivity contribution in [2.45, 2.75) is 43.6 Å². The fraction of sp³-hybridized carbons (Fsp3) is 0.417. The predicted octanol–water partition coefficient (Wildman–Crippen LogP) is 2.65. The third-order valence-corrected chi connectivity index (χ3v) is 6.90. The molecule has 2 atom stereocenters. The smallest absolute Gasteiger partial charge is 0.237 e. The molecule has 1 aromatic carbocycles. The Morgan fingerprint density at radius 1 is 1.16 bits per heavy atom. The third kappa shape index (κ3) is 3.19. The molecular weight excluding hydrogens is 392 g/mol. The maximum Gasteiger partial charge on any atom is 0.237 e. The summed E-state index contributed by atoms with van der Waals surface area (Å²) >= 11 is 0. The molecule has 7 heteroatoms. The number of nitrogens with zero attached hydrogens (tertiary/aromatic N) is 3. The monoisotopic (exact) mass is 418 g/mol. The van der Waals surface area contributed by atoms with E-state index in [0.717, 1.165) is 29.8 Å². The maximum atomic E-state index is 13.3. The molecule has 2 aromatic rings. The number of carbonyl (C=O) groups is 3. The van der Waals surface area contributed by atoms with Crippen LogP contribution in [0.2, 0.25) is 0 Å². The van der Waals surface area contributed by atoms with Gasteiger partial charge in [0.15, 0.2) is 0 Å². The highest BCUT2D eigenvalue weighted by Gasteiger charge is 2.59. The van der Waals surface area contributed by atoms with Crippen LogP contribution in [0.1, 0.15) is 49.3 Å². The second-order valence-electron chi connectivity index (χ2n) is 8.58. The molecule has 1 aromatic heterocycles. The second-order valence-corrected chi connectivity index (χ2v) is 8.58. The first-order chi connectivity index (χ1) is 15.1. The number of para-hydroxylation sites is 1. The molecule has 7 nitrogen and oxygen atoms in total. The van der Waals surface area contributed by atoms with Crippen LogP contribution in [0.25, 0.3) is 0 Å². The molecule has 0 radical (unpaired) electrons. The number of pyridine rings is 1. The van der Waals surface area contributed by atoms with Crippen molar-refractivity contribution in [3.05, 3.63) is 59.9 Å². The molecule has 1 spiro atoms. The standard InChI is InChI=1S/C24H26N4O3/c29-20-9-4-13-27(20)14-5-10-21(30)28-15-11-24(22(28)17-6-3-12-25-16-17)18-7-1-2-8-19(18)26-23(24)31/h1-3,6-8,12,16,22H,4-5,9-11,13-15H2,(H,26,31). The number of rotatable bonds is 5. The highest BCUT2D eigenvalue weighted by Crippen LogP contribution is 2.54. The Hall–Kier alpha value is -3.22. The number of hydrogen-bond donors (Lipinski definition) is 1. The predicted molar refractivity (Wildman–Crippen MR) is 115 cm³/mol. The number of benzene rings is 1. The van der Waals surface area contributed by atoms with E-state index in [1.807, 2.05) is 46.2 Å². The minimum Gasteiger partial charge on any atom is -0.343 e. The molecule has 2 unspecified atom stereocenters. The van der Waals surface area contributed by atoms with Crippen molar-refractivity contribution >= 4 is 23.4 Å². The van der Waals surface area contributed by atoms with Gasteiger partial charge in [0.05, 0.1) is 6.04 Å². The van der Waals surface area contributed by atoms with Crippen LogP contribution in [0.5, 0.6) is 0 Å². The zero-order valence-electron chi connectivity index (χ0n) is 17.4. The quantitative estimate of drug-likeness (QED) is 0.809. The number of amides is 3. The number of fused-ring (bicyclic) bond motifs is 2. The summed E-state index contributed by atoms with van der Waals surface area (Å²) in [6.07, 6.45) is 6.55. The van der Waals surface area contributed by atoms with Gasteiger partial charge in [-0.3, -0.25) is 19.4 Å². The van der Waals surface area contributed by atoms with Crippen molar-refractivity contribution in [3.63, 3.8) is 0 Å². The van der Waals surface area contributed by atoms with E-state index in [4.69, 9.17) is 0 Å². The summed E-state index contributed by atoms with van der Waals surface area (Å²) in [7, 11) is 0. The van der Waals surface area contributed by atoms with E-state index in [9.17, 15) is 14.4 Å². The van der Waals surface area contributed by atoms with Crippen LogP contribution in [-0.4, -0.2) is 52.1 Å². The van der Waals surface area contributed by atoms with E-state index in [0.29, 0.717) is 38.8 Å². The summed E-state index contributed by atoms with van der Waals surface area (Å²) < 4.78 is 0. The Labute approximate surface area is 181 Å². The topological polar surface area (TPSA) is 82.6 Å². The average Bonchev–Trinajstić information content (AvgIpc) is 3.46. The van der Waals surface area contributed by atoms with Crippen molar-refractivity contribution in [2.75, 3.05) is 25.0 Å². The lowest BCUT2D eigenvalue weighted by atomic mass is 9.73. The Balaban J connectivity index is 1.42. The zero-order valence-corrected chi connectivity index (χ0v) is 17.4. The zero-order chi connectivity index (χ0) is 21.4. The molecule has 0 saturated carbocycles. The summed E-state index contributed by atoms with van der Waals surface area (Å²) in [5, 5.41) is 3.03. The largest absolute Gasteiger partial charge is 0.343 e. The molecule has 31 heavy (non-hydrogen) atoms. The molecule has 3 aliphatic rings. The lowest BCUT2D eigenvalue weighted by Crippen LogP contribution is -2.42. The molecule has 4 heterocycles. The first-order valence-electron chi connectivity index (χ1n) is 11.0. The summed E-state index contributed by atoms with van der Waals surface area (Å²) in [5.41, 5.74) is 1.84. The number of carbonyl (C=O) groups excluding carboxylic acids is 3. The Bertz CT molecular complexity index is 1020. The lowest BCUT2D eigenvalue weighted by Gasteiger charge is -2.34. The van der Waals surface area contributed by atoms with E-state index in [-0.39, 0.29) is 17.7 Å². The van der Waals surface area contributed by atoms with Crippen molar-refractivity contribution in [2.24, 2.45) is 0 Å². The second kappa shape index (κ2) is 7.80. The molecule has 3 amide bonds. The number of anilines is 1. The van der Waals surface area contributed by atoms with Crippen LogP contribution in [-0.2, 0) is 19.8 Å². The Kier molecular flexibility index (Phi) is 4.96. The van der Waals surface area contributed by atoms with Gasteiger partial charge in [0.25, 0.3) is 0 Å². The SMILES string of the molecule is O=C1CCCN1CCCC(=O)N1CCC2(C(=O)Nc3ccccc32)C1c1cccnc1. The highest BCUT2D eigenvalue weighted by molar-refractivity contribution is 6.07. The van der Waals surface area contributed by atoms with Crippen molar-refractivity contribution in [3.8, 4) is 0 Å². The van der Waals surface area contributed by atoms with Crippen LogP contribution >= 0.6 is 0 Å². The van der Waals surface area contributed by atoms with E-state index in [2.05, 4.69) is 10.3 Å². The number of nitrogens with one attached hydrogen (secondary N) is 1. The minimum atomic E-state index is -0.805. The molecule has 0 bridgehead atoms. The molecule has 2 fully saturated rings. The van der Waals surface area contributed by atoms with Gasteiger partial charge in [0.2, 0.25) is 17.7 Å². The number of hydrogen-bond acceptors (Lipinski definition) is 4. The first kappa shape index (κ1) is 19.7. The van der Waals surface area contributed by atoms with Gasteiger partial charge in [0, 0.05) is 50.6 Å². The van der Waals surface area contributed by atoms with Crippen LogP contribution < -0.4 is 5.32 Å². The van der Waals surface area contributed by atoms with E-state index in [1.54, 1.807) is 12.4 Å². The van der Waals surface area contributed by atoms with Gasteiger partial charge in [-0.05, 0) is 42.5 Å². The third-order valence-electron chi connectivity index (χ3n) is 6.90. The van der Waals surface area contributed by atoms with Gasteiger partial charge in [0.1, 0.15) is 5.41 Å². The van der Waals surface area contributed by atoms with E-state index >= 15 is 0 Å².